The van der Waals surface area contributed by atoms with Gasteiger partial charge in [0.1, 0.15) is 0 Å². The molecule has 0 amide bonds. The quantitative estimate of drug-likeness (QED) is 0.806. The molecule has 0 aliphatic heterocycles. The van der Waals surface area contributed by atoms with Crippen LogP contribution >= 0.6 is 0 Å². The molecule has 20 heavy (non-hydrogen) atoms. The SMILES string of the molecule is CCc1ccccc1-c1cc(CC)c(O)c(O)c1CC. The molecule has 0 saturated carbocycles. The van der Waals surface area contributed by atoms with Crippen molar-refractivity contribution in [2.24, 2.45) is 0 Å². The summed E-state index contributed by atoms with van der Waals surface area (Å²) in [4.78, 5) is 0. The topological polar surface area (TPSA) is 40.5 Å². The molecule has 2 N–H and O–H groups in total. The zero-order chi connectivity index (χ0) is 14.7. The summed E-state index contributed by atoms with van der Waals surface area (Å²) in [6.45, 7) is 6.11. The summed E-state index contributed by atoms with van der Waals surface area (Å²) in [5.41, 5.74) is 5.06. The average Bonchev–Trinajstić information content (AvgIpc) is 2.49. The fourth-order valence-electron chi connectivity index (χ4n) is 2.71. The second kappa shape index (κ2) is 6.00. The predicted molar refractivity (Wildman–Crippen MR) is 83.3 cm³/mol. The molecule has 0 bridgehead atoms. The zero-order valence-electron chi connectivity index (χ0n) is 12.4. The van der Waals surface area contributed by atoms with E-state index < -0.39 is 0 Å². The number of phenols is 2. The number of phenolic OH excluding ortho intramolecular Hbond substituents is 2. The largest absolute Gasteiger partial charge is 0.504 e. The van der Waals surface area contributed by atoms with Crippen LogP contribution in [0, 0.1) is 0 Å². The first-order chi connectivity index (χ1) is 9.63. The summed E-state index contributed by atoms with van der Waals surface area (Å²) in [5.74, 6) is 0.0647. The number of aryl methyl sites for hydroxylation is 2. The first-order valence-corrected chi connectivity index (χ1v) is 7.28. The van der Waals surface area contributed by atoms with E-state index in [9.17, 15) is 10.2 Å². The minimum Gasteiger partial charge on any atom is -0.504 e. The summed E-state index contributed by atoms with van der Waals surface area (Å²) in [6.07, 6.45) is 2.34. The maximum Gasteiger partial charge on any atom is 0.161 e. The van der Waals surface area contributed by atoms with Crippen LogP contribution < -0.4 is 0 Å². The molecule has 0 saturated heterocycles. The molecule has 2 aromatic carbocycles. The van der Waals surface area contributed by atoms with E-state index in [4.69, 9.17) is 0 Å². The van der Waals surface area contributed by atoms with Crippen LogP contribution in [0.1, 0.15) is 37.5 Å². The lowest BCUT2D eigenvalue weighted by Crippen LogP contribution is -1.96. The van der Waals surface area contributed by atoms with Crippen molar-refractivity contribution in [2.75, 3.05) is 0 Å². The van der Waals surface area contributed by atoms with Gasteiger partial charge in [0.15, 0.2) is 11.5 Å². The van der Waals surface area contributed by atoms with Crippen LogP contribution in [0.15, 0.2) is 30.3 Å². The van der Waals surface area contributed by atoms with Crippen molar-refractivity contribution in [1.82, 2.24) is 0 Å². The van der Waals surface area contributed by atoms with Gasteiger partial charge in [-0.2, -0.15) is 0 Å². The molecule has 0 heterocycles. The first kappa shape index (κ1) is 14.4. The van der Waals surface area contributed by atoms with Gasteiger partial charge in [-0.05, 0) is 47.6 Å². The third kappa shape index (κ3) is 2.38. The van der Waals surface area contributed by atoms with Gasteiger partial charge in [0.2, 0.25) is 0 Å². The van der Waals surface area contributed by atoms with E-state index in [1.807, 2.05) is 32.0 Å². The van der Waals surface area contributed by atoms with Crippen molar-refractivity contribution in [3.8, 4) is 22.6 Å². The molecule has 0 aromatic heterocycles. The molecule has 2 rings (SSSR count). The molecule has 0 aliphatic carbocycles. The Labute approximate surface area is 120 Å². The van der Waals surface area contributed by atoms with E-state index in [0.29, 0.717) is 12.8 Å². The van der Waals surface area contributed by atoms with Crippen molar-refractivity contribution in [2.45, 2.75) is 40.0 Å². The third-order valence-electron chi connectivity index (χ3n) is 3.88. The van der Waals surface area contributed by atoms with Crippen molar-refractivity contribution in [3.63, 3.8) is 0 Å². The van der Waals surface area contributed by atoms with Crippen molar-refractivity contribution < 1.29 is 10.2 Å². The van der Waals surface area contributed by atoms with Gasteiger partial charge >= 0.3 is 0 Å². The maximum absolute atomic E-state index is 10.3. The van der Waals surface area contributed by atoms with Gasteiger partial charge in [-0.15, -0.1) is 0 Å². The van der Waals surface area contributed by atoms with Crippen molar-refractivity contribution in [1.29, 1.82) is 0 Å². The van der Waals surface area contributed by atoms with Gasteiger partial charge in [0.05, 0.1) is 0 Å². The van der Waals surface area contributed by atoms with Crippen LogP contribution in [-0.2, 0) is 19.3 Å². The highest BCUT2D eigenvalue weighted by Gasteiger charge is 2.17. The molecule has 0 unspecified atom stereocenters. The Morgan fingerprint density at radius 1 is 0.750 bits per heavy atom. The van der Waals surface area contributed by atoms with Crippen LogP contribution in [0.25, 0.3) is 11.1 Å². The Kier molecular flexibility index (Phi) is 4.33. The molecule has 2 aromatic rings. The van der Waals surface area contributed by atoms with Crippen LogP contribution in [0.4, 0.5) is 0 Å². The highest BCUT2D eigenvalue weighted by Crippen LogP contribution is 2.41. The van der Waals surface area contributed by atoms with Crippen LogP contribution in [-0.4, -0.2) is 10.2 Å². The predicted octanol–water partition coefficient (Wildman–Crippen LogP) is 4.45. The Morgan fingerprint density at radius 2 is 1.40 bits per heavy atom. The van der Waals surface area contributed by atoms with Crippen LogP contribution in [0.5, 0.6) is 11.5 Å². The Bertz CT molecular complexity index is 615. The first-order valence-electron chi connectivity index (χ1n) is 7.28. The lowest BCUT2D eigenvalue weighted by Gasteiger charge is -2.17. The molecule has 2 heteroatoms. The van der Waals surface area contributed by atoms with E-state index >= 15 is 0 Å². The highest BCUT2D eigenvalue weighted by molar-refractivity contribution is 5.76. The Morgan fingerprint density at radius 3 is 2.00 bits per heavy atom. The van der Waals surface area contributed by atoms with Crippen LogP contribution in [0.2, 0.25) is 0 Å². The normalized spacial score (nSPS) is 10.8. The molecular weight excluding hydrogens is 248 g/mol. The molecule has 0 fully saturated rings. The maximum atomic E-state index is 10.3. The molecule has 0 spiro atoms. The standard InChI is InChI=1S/C18H22O2/c1-4-12-9-7-8-10-15(12)16-11-13(5-2)17(19)18(20)14(16)6-3/h7-11,19-20H,4-6H2,1-3H3. The minimum atomic E-state index is 0.0297. The number of hydrogen-bond acceptors (Lipinski definition) is 2. The molecule has 2 nitrogen and oxygen atoms in total. The van der Waals surface area contributed by atoms with E-state index in [1.165, 1.54) is 5.56 Å². The Balaban J connectivity index is 2.75. The molecule has 0 aliphatic rings. The lowest BCUT2D eigenvalue weighted by atomic mass is 9.90. The average molecular weight is 270 g/mol. The second-order valence-electron chi connectivity index (χ2n) is 4.98. The van der Waals surface area contributed by atoms with E-state index in [0.717, 1.165) is 28.7 Å². The summed E-state index contributed by atoms with van der Waals surface area (Å²) in [7, 11) is 0. The van der Waals surface area contributed by atoms with Crippen LogP contribution in [0.3, 0.4) is 0 Å². The minimum absolute atomic E-state index is 0.0297. The second-order valence-corrected chi connectivity index (χ2v) is 4.98. The summed E-state index contributed by atoms with van der Waals surface area (Å²) in [6, 6.07) is 10.3. The van der Waals surface area contributed by atoms with E-state index in [-0.39, 0.29) is 11.5 Å². The summed E-state index contributed by atoms with van der Waals surface area (Å²) >= 11 is 0. The van der Waals surface area contributed by atoms with Gasteiger partial charge in [-0.1, -0.05) is 45.0 Å². The number of aromatic hydroxyl groups is 2. The fraction of sp³-hybridized carbons (Fsp3) is 0.333. The number of benzene rings is 2. The monoisotopic (exact) mass is 270 g/mol. The van der Waals surface area contributed by atoms with Crippen molar-refractivity contribution in [3.05, 3.63) is 47.0 Å². The molecule has 0 atom stereocenters. The summed E-state index contributed by atoms with van der Waals surface area (Å²) in [5, 5.41) is 20.3. The summed E-state index contributed by atoms with van der Waals surface area (Å²) < 4.78 is 0. The number of hydrogen-bond donors (Lipinski definition) is 2. The van der Waals surface area contributed by atoms with Gasteiger partial charge in [-0.3, -0.25) is 0 Å². The van der Waals surface area contributed by atoms with E-state index in [1.54, 1.807) is 0 Å². The molecular formula is C18H22O2. The number of rotatable bonds is 4. The van der Waals surface area contributed by atoms with Gasteiger partial charge in [-0.25, -0.2) is 0 Å². The molecule has 0 radical (unpaired) electrons. The van der Waals surface area contributed by atoms with E-state index in [2.05, 4.69) is 19.1 Å². The Hall–Kier alpha value is -1.96. The molecule has 106 valence electrons. The van der Waals surface area contributed by atoms with Crippen molar-refractivity contribution >= 4 is 0 Å². The van der Waals surface area contributed by atoms with Gasteiger partial charge < -0.3 is 10.2 Å². The fourth-order valence-corrected chi connectivity index (χ4v) is 2.71. The lowest BCUT2D eigenvalue weighted by molar-refractivity contribution is 0.396. The van der Waals surface area contributed by atoms with Gasteiger partial charge in [0, 0.05) is 5.56 Å². The third-order valence-corrected chi connectivity index (χ3v) is 3.88. The van der Waals surface area contributed by atoms with Gasteiger partial charge in [0.25, 0.3) is 0 Å². The smallest absolute Gasteiger partial charge is 0.161 e. The highest BCUT2D eigenvalue weighted by atomic mass is 16.3. The zero-order valence-corrected chi connectivity index (χ0v) is 12.4.